The van der Waals surface area contributed by atoms with Gasteiger partial charge in [0.1, 0.15) is 17.7 Å². The zero-order chi connectivity index (χ0) is 22.4. The van der Waals surface area contributed by atoms with E-state index in [-0.39, 0.29) is 26.7 Å². The summed E-state index contributed by atoms with van der Waals surface area (Å²) in [6.07, 6.45) is 1.62. The van der Waals surface area contributed by atoms with E-state index in [4.69, 9.17) is 28.9 Å². The van der Waals surface area contributed by atoms with Gasteiger partial charge >= 0.3 is 5.97 Å². The van der Waals surface area contributed by atoms with Gasteiger partial charge in [-0.25, -0.2) is 8.78 Å². The smallest absolute Gasteiger partial charge is 0.321 e. The number of rotatable bonds is 4. The molecule has 1 aliphatic heterocycles. The lowest BCUT2D eigenvalue weighted by atomic mass is 9.70. The fourth-order valence-electron chi connectivity index (χ4n) is 4.24. The Hall–Kier alpha value is -1.80. The summed E-state index contributed by atoms with van der Waals surface area (Å²) in [6, 6.07) is 3.33. The number of benzene rings is 1. The zero-order valence-electron chi connectivity index (χ0n) is 16.7. The van der Waals surface area contributed by atoms with Crippen molar-refractivity contribution in [3.05, 3.63) is 63.4 Å². The van der Waals surface area contributed by atoms with E-state index in [1.807, 2.05) is 20.8 Å². The van der Waals surface area contributed by atoms with Gasteiger partial charge in [-0.15, -0.1) is 0 Å². The highest BCUT2D eigenvalue weighted by Crippen LogP contribution is 2.49. The summed E-state index contributed by atoms with van der Waals surface area (Å²) in [4.78, 5) is 16.3. The summed E-state index contributed by atoms with van der Waals surface area (Å²) < 4.78 is 30.1. The topological polar surface area (TPSA) is 88.2 Å². The Morgan fingerprint density at radius 3 is 2.57 bits per heavy atom. The molecule has 4 N–H and O–H groups in total. The second kappa shape index (κ2) is 8.04. The van der Waals surface area contributed by atoms with E-state index in [2.05, 4.69) is 10.3 Å². The first-order valence-electron chi connectivity index (χ1n) is 9.39. The fourth-order valence-corrected chi connectivity index (χ4v) is 4.57. The van der Waals surface area contributed by atoms with Crippen LogP contribution >= 0.6 is 23.2 Å². The fraction of sp³-hybridized carbons (Fsp3) is 0.429. The van der Waals surface area contributed by atoms with Gasteiger partial charge in [-0.3, -0.25) is 15.1 Å². The van der Waals surface area contributed by atoms with E-state index in [1.54, 1.807) is 0 Å². The van der Waals surface area contributed by atoms with Crippen molar-refractivity contribution in [1.82, 2.24) is 10.3 Å². The summed E-state index contributed by atoms with van der Waals surface area (Å²) in [5, 5.41) is 12.8. The first-order chi connectivity index (χ1) is 13.9. The van der Waals surface area contributed by atoms with Crippen LogP contribution in [0.5, 0.6) is 0 Å². The second-order valence-corrected chi connectivity index (χ2v) is 9.68. The number of nitrogens with one attached hydrogen (secondary N) is 1. The molecule has 30 heavy (non-hydrogen) atoms. The van der Waals surface area contributed by atoms with Gasteiger partial charge in [0.2, 0.25) is 0 Å². The van der Waals surface area contributed by atoms with Gasteiger partial charge in [0.25, 0.3) is 0 Å². The summed E-state index contributed by atoms with van der Waals surface area (Å²) in [5.41, 5.74) is 4.65. The van der Waals surface area contributed by atoms with E-state index < -0.39 is 41.1 Å². The minimum absolute atomic E-state index is 0.0162. The van der Waals surface area contributed by atoms with Crippen LogP contribution in [0.25, 0.3) is 0 Å². The lowest BCUT2D eigenvalue weighted by Gasteiger charge is -2.38. The van der Waals surface area contributed by atoms with E-state index in [1.165, 1.54) is 24.4 Å². The number of aliphatic carboxylic acids is 1. The molecule has 0 radical (unpaired) electrons. The maximum atomic E-state index is 15.0. The number of hydrogen-bond donors (Lipinski definition) is 3. The van der Waals surface area contributed by atoms with Crippen LogP contribution in [-0.2, 0) is 10.3 Å². The van der Waals surface area contributed by atoms with Crippen LogP contribution in [0.15, 0.2) is 30.5 Å². The number of carbonyl (C=O) groups is 1. The molecule has 1 aliphatic rings. The Morgan fingerprint density at radius 1 is 1.33 bits per heavy atom. The van der Waals surface area contributed by atoms with E-state index in [0.717, 1.165) is 6.07 Å². The number of nitrogens with two attached hydrogens (primary N) is 1. The SMILES string of the molecule is CC(C)(C)CC1NC(C(=O)O)C(c2cccc(Cl)c2F)C1(N)c1ncc(Cl)cc1F. The van der Waals surface area contributed by atoms with Gasteiger partial charge in [0, 0.05) is 18.2 Å². The summed E-state index contributed by atoms with van der Waals surface area (Å²) >= 11 is 11.8. The van der Waals surface area contributed by atoms with Crippen LogP contribution in [0.2, 0.25) is 10.0 Å². The van der Waals surface area contributed by atoms with Crippen LogP contribution in [0.3, 0.4) is 0 Å². The number of carboxylic acids is 1. The maximum absolute atomic E-state index is 15.0. The van der Waals surface area contributed by atoms with Crippen molar-refractivity contribution < 1.29 is 18.7 Å². The van der Waals surface area contributed by atoms with E-state index in [9.17, 15) is 9.90 Å². The number of nitrogens with zero attached hydrogens (tertiary/aromatic N) is 1. The molecule has 1 aromatic heterocycles. The minimum Gasteiger partial charge on any atom is -0.480 e. The van der Waals surface area contributed by atoms with Crippen LogP contribution < -0.4 is 11.1 Å². The van der Waals surface area contributed by atoms with Gasteiger partial charge in [-0.2, -0.15) is 0 Å². The Morgan fingerprint density at radius 2 is 2.00 bits per heavy atom. The molecule has 1 fully saturated rings. The predicted octanol–water partition coefficient (Wildman–Crippen LogP) is 4.47. The maximum Gasteiger partial charge on any atom is 0.321 e. The molecule has 0 amide bonds. The Labute approximate surface area is 183 Å². The summed E-state index contributed by atoms with van der Waals surface area (Å²) in [5.74, 6) is -3.99. The van der Waals surface area contributed by atoms with Crippen LogP contribution in [0.4, 0.5) is 8.78 Å². The van der Waals surface area contributed by atoms with Gasteiger partial charge in [-0.05, 0) is 29.5 Å². The Balaban J connectivity index is 2.30. The van der Waals surface area contributed by atoms with Crippen molar-refractivity contribution in [2.45, 2.75) is 50.7 Å². The molecule has 5 nitrogen and oxygen atoms in total. The van der Waals surface area contributed by atoms with Crippen molar-refractivity contribution in [3.8, 4) is 0 Å². The van der Waals surface area contributed by atoms with E-state index >= 15 is 8.78 Å². The van der Waals surface area contributed by atoms with Gasteiger partial charge in [0.05, 0.1) is 21.3 Å². The van der Waals surface area contributed by atoms with E-state index in [0.29, 0.717) is 6.42 Å². The van der Waals surface area contributed by atoms with Crippen LogP contribution in [0.1, 0.15) is 44.4 Å². The van der Waals surface area contributed by atoms with Gasteiger partial charge in [0.15, 0.2) is 0 Å². The molecule has 1 saturated heterocycles. The molecular formula is C21H23Cl2F2N3O2. The average Bonchev–Trinajstić information content (AvgIpc) is 2.89. The summed E-state index contributed by atoms with van der Waals surface area (Å²) in [7, 11) is 0. The molecule has 0 spiro atoms. The molecule has 4 unspecified atom stereocenters. The van der Waals surface area contributed by atoms with Crippen LogP contribution in [-0.4, -0.2) is 28.1 Å². The third-order valence-electron chi connectivity index (χ3n) is 5.42. The Bertz CT molecular complexity index is 983. The molecule has 4 atom stereocenters. The first-order valence-corrected chi connectivity index (χ1v) is 10.1. The molecule has 9 heteroatoms. The van der Waals surface area contributed by atoms with Crippen LogP contribution in [0, 0.1) is 17.0 Å². The largest absolute Gasteiger partial charge is 0.480 e. The molecule has 0 bridgehead atoms. The third-order valence-corrected chi connectivity index (χ3v) is 5.92. The first kappa shape index (κ1) is 22.9. The third kappa shape index (κ3) is 4.04. The molecule has 2 aromatic rings. The highest BCUT2D eigenvalue weighted by Gasteiger charge is 2.59. The number of hydrogen-bond acceptors (Lipinski definition) is 4. The normalized spacial score (nSPS) is 26.7. The van der Waals surface area contributed by atoms with Gasteiger partial charge in [-0.1, -0.05) is 56.1 Å². The van der Waals surface area contributed by atoms with Gasteiger partial charge < -0.3 is 10.8 Å². The van der Waals surface area contributed by atoms with Crippen molar-refractivity contribution in [3.63, 3.8) is 0 Å². The highest BCUT2D eigenvalue weighted by atomic mass is 35.5. The number of carboxylic acid groups (broad SMARTS) is 1. The zero-order valence-corrected chi connectivity index (χ0v) is 18.2. The Kier molecular flexibility index (Phi) is 6.13. The summed E-state index contributed by atoms with van der Waals surface area (Å²) in [6.45, 7) is 5.84. The molecule has 2 heterocycles. The number of aromatic nitrogens is 1. The van der Waals surface area contributed by atoms with Crippen molar-refractivity contribution in [2.24, 2.45) is 11.1 Å². The monoisotopic (exact) mass is 457 g/mol. The molecule has 1 aromatic carbocycles. The standard InChI is InChI=1S/C21H23Cl2F2N3O2/c1-20(2,3)8-14-21(26,18-13(24)7-10(22)9-27-18)15(17(28-14)19(29)30)11-5-4-6-12(23)16(11)25/h4-7,9,14-15,17,28H,8,26H2,1-3H3,(H,29,30). The second-order valence-electron chi connectivity index (χ2n) is 8.84. The van der Waals surface area contributed by atoms with Crippen molar-refractivity contribution in [1.29, 1.82) is 0 Å². The number of halogens is 4. The molecule has 3 rings (SSSR count). The number of pyridine rings is 1. The average molecular weight is 458 g/mol. The molecule has 0 aliphatic carbocycles. The van der Waals surface area contributed by atoms with Crippen molar-refractivity contribution >= 4 is 29.2 Å². The lowest BCUT2D eigenvalue weighted by Crippen LogP contribution is -2.53. The minimum atomic E-state index is -1.68. The lowest BCUT2D eigenvalue weighted by molar-refractivity contribution is -0.139. The molecule has 0 saturated carbocycles. The highest BCUT2D eigenvalue weighted by molar-refractivity contribution is 6.31. The predicted molar refractivity (Wildman–Crippen MR) is 112 cm³/mol. The quantitative estimate of drug-likeness (QED) is 0.630. The molecular weight excluding hydrogens is 435 g/mol. The molecule has 162 valence electrons. The van der Waals surface area contributed by atoms with Crippen molar-refractivity contribution in [2.75, 3.05) is 0 Å².